The molecule has 0 fully saturated rings. The lowest BCUT2D eigenvalue weighted by atomic mass is 10.2. The Morgan fingerprint density at radius 2 is 1.39 bits per heavy atom. The van der Waals surface area contributed by atoms with Crippen LogP contribution in [0.4, 0.5) is 22.0 Å². The highest BCUT2D eigenvalue weighted by molar-refractivity contribution is 5.91. The van der Waals surface area contributed by atoms with E-state index in [0.717, 1.165) is 12.1 Å². The third-order valence-electron chi connectivity index (χ3n) is 4.01. The van der Waals surface area contributed by atoms with E-state index >= 15 is 0 Å². The third-order valence-corrected chi connectivity index (χ3v) is 4.01. The van der Waals surface area contributed by atoms with Crippen molar-refractivity contribution in [3.8, 4) is 23.0 Å². The number of aldehydes is 1. The van der Waals surface area contributed by atoms with Crippen molar-refractivity contribution in [2.24, 2.45) is 0 Å². The minimum absolute atomic E-state index is 0.189. The molecule has 0 bridgehead atoms. The van der Waals surface area contributed by atoms with E-state index in [1.54, 1.807) is 0 Å². The van der Waals surface area contributed by atoms with E-state index in [1.165, 1.54) is 37.4 Å². The molecule has 31 heavy (non-hydrogen) atoms. The van der Waals surface area contributed by atoms with E-state index in [0.29, 0.717) is 17.6 Å². The van der Waals surface area contributed by atoms with Gasteiger partial charge in [-0.15, -0.1) is 0 Å². The zero-order chi connectivity index (χ0) is 22.7. The molecule has 0 spiro atoms. The zero-order valence-electron chi connectivity index (χ0n) is 15.5. The Balaban J connectivity index is 1.82. The third kappa shape index (κ3) is 4.32. The van der Waals surface area contributed by atoms with Gasteiger partial charge in [-0.1, -0.05) is 0 Å². The first-order valence-corrected chi connectivity index (χ1v) is 8.41. The van der Waals surface area contributed by atoms with Crippen LogP contribution in [0, 0.1) is 29.1 Å². The molecule has 3 aromatic rings. The molecule has 0 aromatic heterocycles. The maximum Gasteiger partial charge on any atom is 0.343 e. The van der Waals surface area contributed by atoms with Gasteiger partial charge in [0, 0.05) is 5.56 Å². The van der Waals surface area contributed by atoms with Crippen molar-refractivity contribution < 1.29 is 45.8 Å². The first-order valence-electron chi connectivity index (χ1n) is 8.41. The van der Waals surface area contributed by atoms with Crippen LogP contribution in [0.3, 0.4) is 0 Å². The Morgan fingerprint density at radius 1 is 0.806 bits per heavy atom. The lowest BCUT2D eigenvalue weighted by molar-refractivity contribution is 0.0716. The summed E-state index contributed by atoms with van der Waals surface area (Å²) in [5.74, 6) is -13.8. The molecule has 0 unspecified atom stereocenters. The molecule has 10 heteroatoms. The van der Waals surface area contributed by atoms with Crippen LogP contribution in [0.5, 0.6) is 23.0 Å². The van der Waals surface area contributed by atoms with Gasteiger partial charge in [0.15, 0.2) is 11.5 Å². The Hall–Kier alpha value is -3.95. The van der Waals surface area contributed by atoms with Crippen molar-refractivity contribution in [3.05, 3.63) is 82.7 Å². The van der Waals surface area contributed by atoms with Crippen molar-refractivity contribution >= 4 is 12.3 Å². The molecular formula is C21H11F5O5. The predicted octanol–water partition coefficient (Wildman–Crippen LogP) is 5.21. The van der Waals surface area contributed by atoms with Crippen LogP contribution in [-0.4, -0.2) is 19.4 Å². The van der Waals surface area contributed by atoms with E-state index in [2.05, 4.69) is 4.74 Å². The molecule has 0 aliphatic heterocycles. The number of carbonyl (C=O) groups is 2. The Labute approximate surface area is 171 Å². The molecule has 0 N–H and O–H groups in total. The fourth-order valence-corrected chi connectivity index (χ4v) is 2.46. The number of benzene rings is 3. The maximum atomic E-state index is 13.7. The van der Waals surface area contributed by atoms with E-state index < -0.39 is 40.8 Å². The smallest absolute Gasteiger partial charge is 0.343 e. The summed E-state index contributed by atoms with van der Waals surface area (Å²) in [4.78, 5) is 23.0. The first-order chi connectivity index (χ1) is 14.8. The number of hydrogen-bond donors (Lipinski definition) is 0. The second kappa shape index (κ2) is 8.82. The molecular weight excluding hydrogens is 427 g/mol. The zero-order valence-corrected chi connectivity index (χ0v) is 15.5. The number of halogens is 5. The second-order valence-corrected chi connectivity index (χ2v) is 5.94. The molecule has 0 atom stereocenters. The van der Waals surface area contributed by atoms with Crippen LogP contribution in [0.1, 0.15) is 20.7 Å². The highest BCUT2D eigenvalue weighted by Crippen LogP contribution is 2.33. The van der Waals surface area contributed by atoms with E-state index in [9.17, 15) is 31.5 Å². The summed E-state index contributed by atoms with van der Waals surface area (Å²) < 4.78 is 81.9. The molecule has 0 radical (unpaired) electrons. The van der Waals surface area contributed by atoms with Gasteiger partial charge < -0.3 is 14.2 Å². The molecule has 0 heterocycles. The second-order valence-electron chi connectivity index (χ2n) is 5.94. The largest absolute Gasteiger partial charge is 0.493 e. The lowest BCUT2D eigenvalue weighted by Gasteiger charge is -2.11. The van der Waals surface area contributed by atoms with E-state index in [1.807, 2.05) is 0 Å². The summed E-state index contributed by atoms with van der Waals surface area (Å²) in [7, 11) is 1.39. The minimum atomic E-state index is -2.37. The summed E-state index contributed by atoms with van der Waals surface area (Å²) in [5.41, 5.74) is 0.0590. The molecule has 0 saturated carbocycles. The van der Waals surface area contributed by atoms with Gasteiger partial charge in [0.05, 0.1) is 12.7 Å². The van der Waals surface area contributed by atoms with Gasteiger partial charge in [0.1, 0.15) is 12.0 Å². The summed E-state index contributed by atoms with van der Waals surface area (Å²) in [6.45, 7) is 0. The van der Waals surface area contributed by atoms with Gasteiger partial charge in [0.25, 0.3) is 0 Å². The fourth-order valence-electron chi connectivity index (χ4n) is 2.46. The van der Waals surface area contributed by atoms with Gasteiger partial charge in [-0.3, -0.25) is 4.79 Å². The molecule has 0 amide bonds. The Morgan fingerprint density at radius 3 is 1.94 bits per heavy atom. The molecule has 0 aliphatic carbocycles. The standard InChI is InChI=1S/C21H11F5O5/c1-29-13-7-2-10(9-27)8-14(13)30-12-5-3-11(4-6-12)21(28)31-20-18(25)16(23)15(22)17(24)19(20)26/h2-9H,1H3. The average molecular weight is 438 g/mol. The number of esters is 1. The number of methoxy groups -OCH3 is 1. The molecule has 160 valence electrons. The van der Waals surface area contributed by atoms with Crippen LogP contribution < -0.4 is 14.2 Å². The van der Waals surface area contributed by atoms with Crippen molar-refractivity contribution in [1.29, 1.82) is 0 Å². The van der Waals surface area contributed by atoms with Crippen LogP contribution in [0.2, 0.25) is 0 Å². The highest BCUT2D eigenvalue weighted by atomic mass is 19.2. The van der Waals surface area contributed by atoms with Gasteiger partial charge in [-0.25, -0.2) is 18.0 Å². The quantitative estimate of drug-likeness (QED) is 0.132. The summed E-state index contributed by atoms with van der Waals surface area (Å²) >= 11 is 0. The van der Waals surface area contributed by atoms with Crippen LogP contribution in [-0.2, 0) is 0 Å². The molecule has 3 aromatic carbocycles. The predicted molar refractivity (Wildman–Crippen MR) is 96.1 cm³/mol. The van der Waals surface area contributed by atoms with Gasteiger partial charge >= 0.3 is 5.97 Å². The fraction of sp³-hybridized carbons (Fsp3) is 0.0476. The van der Waals surface area contributed by atoms with Gasteiger partial charge in [0.2, 0.25) is 34.8 Å². The summed E-state index contributed by atoms with van der Waals surface area (Å²) in [6, 6.07) is 9.27. The number of carbonyl (C=O) groups excluding carboxylic acids is 2. The van der Waals surface area contributed by atoms with Crippen molar-refractivity contribution in [1.82, 2.24) is 0 Å². The van der Waals surface area contributed by atoms with Gasteiger partial charge in [-0.2, -0.15) is 8.78 Å². The van der Waals surface area contributed by atoms with Crippen molar-refractivity contribution in [2.45, 2.75) is 0 Å². The van der Waals surface area contributed by atoms with Crippen molar-refractivity contribution in [2.75, 3.05) is 7.11 Å². The number of ether oxygens (including phenoxy) is 3. The lowest BCUT2D eigenvalue weighted by Crippen LogP contribution is -2.13. The summed E-state index contributed by atoms with van der Waals surface area (Å²) in [5, 5.41) is 0. The van der Waals surface area contributed by atoms with Crippen LogP contribution in [0.25, 0.3) is 0 Å². The SMILES string of the molecule is COc1ccc(C=O)cc1Oc1ccc(C(=O)Oc2c(F)c(F)c(F)c(F)c2F)cc1. The minimum Gasteiger partial charge on any atom is -0.493 e. The number of hydrogen-bond acceptors (Lipinski definition) is 5. The van der Waals surface area contributed by atoms with E-state index in [4.69, 9.17) is 9.47 Å². The highest BCUT2D eigenvalue weighted by Gasteiger charge is 2.28. The maximum absolute atomic E-state index is 13.7. The molecule has 0 saturated heterocycles. The van der Waals surface area contributed by atoms with Gasteiger partial charge in [-0.05, 0) is 42.5 Å². The number of rotatable bonds is 6. The Kier molecular flexibility index (Phi) is 6.19. The van der Waals surface area contributed by atoms with Crippen LogP contribution >= 0.6 is 0 Å². The first kappa shape index (κ1) is 21.8. The average Bonchev–Trinajstić information content (AvgIpc) is 2.79. The van der Waals surface area contributed by atoms with E-state index in [-0.39, 0.29) is 17.1 Å². The van der Waals surface area contributed by atoms with Crippen LogP contribution in [0.15, 0.2) is 42.5 Å². The topological polar surface area (TPSA) is 61.8 Å². The molecule has 0 aliphatic rings. The normalized spacial score (nSPS) is 10.5. The van der Waals surface area contributed by atoms with Crippen molar-refractivity contribution in [3.63, 3.8) is 0 Å². The monoisotopic (exact) mass is 438 g/mol. The molecule has 3 rings (SSSR count). The Bertz CT molecular complexity index is 1130. The molecule has 5 nitrogen and oxygen atoms in total. The summed E-state index contributed by atoms with van der Waals surface area (Å²) in [6.07, 6.45) is 0.602.